The quantitative estimate of drug-likeness (QED) is 0.679. The topological polar surface area (TPSA) is 34.4 Å². The summed E-state index contributed by atoms with van der Waals surface area (Å²) in [7, 11) is 1.69. The van der Waals surface area contributed by atoms with Gasteiger partial charge in [-0.05, 0) is 19.1 Å². The van der Waals surface area contributed by atoms with E-state index >= 15 is 0 Å². The Bertz CT molecular complexity index is 196. The van der Waals surface area contributed by atoms with Gasteiger partial charge in [0.15, 0.2) is 0 Å². The molecule has 68 valence electrons. The van der Waals surface area contributed by atoms with Gasteiger partial charge >= 0.3 is 0 Å². The van der Waals surface area contributed by atoms with Gasteiger partial charge in [-0.15, -0.1) is 0 Å². The largest absolute Gasteiger partial charge is 0.468 e. The lowest BCUT2D eigenvalue weighted by Gasteiger charge is -2.09. The minimum atomic E-state index is 0.259. The van der Waals surface area contributed by atoms with E-state index in [4.69, 9.17) is 9.15 Å². The Hall–Kier alpha value is -0.800. The van der Waals surface area contributed by atoms with Gasteiger partial charge in [-0.3, -0.25) is 0 Å². The van der Waals surface area contributed by atoms with Crippen LogP contribution in [0.5, 0.6) is 0 Å². The summed E-state index contributed by atoms with van der Waals surface area (Å²) in [6, 6.07) is 4.11. The second-order valence-corrected chi connectivity index (χ2v) is 2.68. The molecule has 1 N–H and O–H groups in total. The monoisotopic (exact) mass is 169 g/mol. The molecule has 1 aromatic heterocycles. The SMILES string of the molecule is COCCNC(C)c1ccco1. The van der Waals surface area contributed by atoms with E-state index in [1.54, 1.807) is 13.4 Å². The first-order valence-electron chi connectivity index (χ1n) is 4.10. The van der Waals surface area contributed by atoms with E-state index < -0.39 is 0 Å². The maximum atomic E-state index is 5.22. The Morgan fingerprint density at radius 3 is 3.08 bits per heavy atom. The third-order valence-corrected chi connectivity index (χ3v) is 1.73. The van der Waals surface area contributed by atoms with E-state index in [9.17, 15) is 0 Å². The molecule has 0 aliphatic heterocycles. The molecule has 0 saturated carbocycles. The summed E-state index contributed by atoms with van der Waals surface area (Å²) in [6.45, 7) is 3.64. The maximum absolute atomic E-state index is 5.22. The molecule has 3 heteroatoms. The van der Waals surface area contributed by atoms with Crippen molar-refractivity contribution in [3.63, 3.8) is 0 Å². The van der Waals surface area contributed by atoms with Crippen LogP contribution < -0.4 is 5.32 Å². The third-order valence-electron chi connectivity index (χ3n) is 1.73. The fraction of sp³-hybridized carbons (Fsp3) is 0.556. The molecular weight excluding hydrogens is 154 g/mol. The highest BCUT2D eigenvalue weighted by Crippen LogP contribution is 2.11. The van der Waals surface area contributed by atoms with Crippen LogP contribution in [0.4, 0.5) is 0 Å². The maximum Gasteiger partial charge on any atom is 0.120 e. The van der Waals surface area contributed by atoms with Crippen molar-refractivity contribution in [1.29, 1.82) is 0 Å². The van der Waals surface area contributed by atoms with Crippen LogP contribution in [0.25, 0.3) is 0 Å². The standard InChI is InChI=1S/C9H15NO2/c1-8(10-5-7-11-2)9-4-3-6-12-9/h3-4,6,8,10H,5,7H2,1-2H3. The van der Waals surface area contributed by atoms with E-state index in [0.29, 0.717) is 0 Å². The van der Waals surface area contributed by atoms with Crippen LogP contribution in [0, 0.1) is 0 Å². The zero-order valence-corrected chi connectivity index (χ0v) is 7.54. The number of hydrogen-bond acceptors (Lipinski definition) is 3. The molecule has 3 nitrogen and oxygen atoms in total. The smallest absolute Gasteiger partial charge is 0.120 e. The molecule has 0 amide bonds. The Kier molecular flexibility index (Phi) is 3.84. The lowest BCUT2D eigenvalue weighted by atomic mass is 10.2. The molecule has 0 bridgehead atoms. The Labute approximate surface area is 72.7 Å². The summed E-state index contributed by atoms with van der Waals surface area (Å²) >= 11 is 0. The number of methoxy groups -OCH3 is 1. The Morgan fingerprint density at radius 2 is 2.50 bits per heavy atom. The van der Waals surface area contributed by atoms with Gasteiger partial charge in [0, 0.05) is 13.7 Å². The normalized spacial score (nSPS) is 13.2. The van der Waals surface area contributed by atoms with E-state index in [2.05, 4.69) is 12.2 Å². The van der Waals surface area contributed by atoms with Crippen LogP contribution in [0.15, 0.2) is 22.8 Å². The molecule has 0 aromatic carbocycles. The van der Waals surface area contributed by atoms with E-state index in [1.807, 2.05) is 12.1 Å². The van der Waals surface area contributed by atoms with E-state index in [0.717, 1.165) is 18.9 Å². The summed E-state index contributed by atoms with van der Waals surface area (Å²) in [6.07, 6.45) is 1.68. The summed E-state index contributed by atoms with van der Waals surface area (Å²) in [4.78, 5) is 0. The molecule has 1 aromatic rings. The first-order valence-corrected chi connectivity index (χ1v) is 4.10. The minimum absolute atomic E-state index is 0.259. The van der Waals surface area contributed by atoms with Crippen molar-refractivity contribution in [2.75, 3.05) is 20.3 Å². The predicted molar refractivity (Wildman–Crippen MR) is 47.0 cm³/mol. The predicted octanol–water partition coefficient (Wildman–Crippen LogP) is 1.58. The van der Waals surface area contributed by atoms with Gasteiger partial charge < -0.3 is 14.5 Å². The van der Waals surface area contributed by atoms with Crippen molar-refractivity contribution in [1.82, 2.24) is 5.32 Å². The average Bonchev–Trinajstić information content (AvgIpc) is 2.56. The number of ether oxygens (including phenoxy) is 1. The number of nitrogens with one attached hydrogen (secondary N) is 1. The van der Waals surface area contributed by atoms with Crippen molar-refractivity contribution >= 4 is 0 Å². The molecule has 1 unspecified atom stereocenters. The first kappa shape index (κ1) is 9.29. The zero-order valence-electron chi connectivity index (χ0n) is 7.54. The molecule has 0 radical (unpaired) electrons. The van der Waals surface area contributed by atoms with Crippen LogP contribution in [-0.2, 0) is 4.74 Å². The highest BCUT2D eigenvalue weighted by atomic mass is 16.5. The van der Waals surface area contributed by atoms with Crippen molar-refractivity contribution in [3.05, 3.63) is 24.2 Å². The van der Waals surface area contributed by atoms with Gasteiger partial charge in [-0.25, -0.2) is 0 Å². The van der Waals surface area contributed by atoms with Gasteiger partial charge in [0.2, 0.25) is 0 Å². The number of furan rings is 1. The lowest BCUT2D eigenvalue weighted by molar-refractivity contribution is 0.195. The van der Waals surface area contributed by atoms with Crippen LogP contribution >= 0.6 is 0 Å². The summed E-state index contributed by atoms with van der Waals surface area (Å²) < 4.78 is 10.1. The molecule has 0 aliphatic carbocycles. The van der Waals surface area contributed by atoms with E-state index in [-0.39, 0.29) is 6.04 Å². The van der Waals surface area contributed by atoms with Crippen LogP contribution in [0.3, 0.4) is 0 Å². The molecule has 1 rings (SSSR count). The molecule has 1 heterocycles. The van der Waals surface area contributed by atoms with Crippen LogP contribution in [0.2, 0.25) is 0 Å². The molecule has 12 heavy (non-hydrogen) atoms. The van der Waals surface area contributed by atoms with Crippen molar-refractivity contribution < 1.29 is 9.15 Å². The minimum Gasteiger partial charge on any atom is -0.468 e. The lowest BCUT2D eigenvalue weighted by Crippen LogP contribution is -2.22. The Morgan fingerprint density at radius 1 is 1.67 bits per heavy atom. The summed E-state index contributed by atoms with van der Waals surface area (Å²) in [5.74, 6) is 0.964. The van der Waals surface area contributed by atoms with Gasteiger partial charge in [-0.2, -0.15) is 0 Å². The second-order valence-electron chi connectivity index (χ2n) is 2.68. The van der Waals surface area contributed by atoms with Gasteiger partial charge in [-0.1, -0.05) is 0 Å². The van der Waals surface area contributed by atoms with Crippen LogP contribution in [-0.4, -0.2) is 20.3 Å². The molecule has 0 saturated heterocycles. The van der Waals surface area contributed by atoms with Crippen molar-refractivity contribution in [2.45, 2.75) is 13.0 Å². The molecule has 0 aliphatic rings. The highest BCUT2D eigenvalue weighted by Gasteiger charge is 2.05. The molecule has 0 spiro atoms. The zero-order chi connectivity index (χ0) is 8.81. The fourth-order valence-corrected chi connectivity index (χ4v) is 1.02. The molecule has 0 fully saturated rings. The summed E-state index contributed by atoms with van der Waals surface area (Å²) in [5, 5.41) is 3.27. The molecule has 1 atom stereocenters. The second kappa shape index (κ2) is 4.95. The molecular formula is C9H15NO2. The van der Waals surface area contributed by atoms with E-state index in [1.165, 1.54) is 0 Å². The van der Waals surface area contributed by atoms with Crippen molar-refractivity contribution in [2.24, 2.45) is 0 Å². The first-order chi connectivity index (χ1) is 5.84. The number of hydrogen-bond donors (Lipinski definition) is 1. The third kappa shape index (κ3) is 2.68. The average molecular weight is 169 g/mol. The van der Waals surface area contributed by atoms with Crippen LogP contribution in [0.1, 0.15) is 18.7 Å². The van der Waals surface area contributed by atoms with Gasteiger partial charge in [0.05, 0.1) is 18.9 Å². The van der Waals surface area contributed by atoms with Gasteiger partial charge in [0.25, 0.3) is 0 Å². The highest BCUT2D eigenvalue weighted by molar-refractivity contribution is 5.02. The number of rotatable bonds is 5. The van der Waals surface area contributed by atoms with Crippen molar-refractivity contribution in [3.8, 4) is 0 Å². The Balaban J connectivity index is 2.25. The summed E-state index contributed by atoms with van der Waals surface area (Å²) in [5.41, 5.74) is 0. The van der Waals surface area contributed by atoms with Gasteiger partial charge in [0.1, 0.15) is 5.76 Å². The fourth-order valence-electron chi connectivity index (χ4n) is 1.02.